The zero-order valence-electron chi connectivity index (χ0n) is 13.7. The van der Waals surface area contributed by atoms with Gasteiger partial charge >= 0.3 is 0 Å². The molecule has 1 aromatic carbocycles. The highest BCUT2D eigenvalue weighted by molar-refractivity contribution is 7.09. The Bertz CT molecular complexity index is 598. The summed E-state index contributed by atoms with van der Waals surface area (Å²) < 4.78 is 5.05. The standard InChI is InChI=1S/C18H24N2O2S/c1-3-4-6-11-15(14-9-7-5-8-10-14)20-18(21)16-13-23-17(19-16)12-22-2/h5,7-10,13,15H,3-4,6,11-12H2,1-2H3,(H,20,21). The third-order valence-corrected chi connectivity index (χ3v) is 4.48. The average Bonchev–Trinajstić information content (AvgIpc) is 3.04. The molecular weight excluding hydrogens is 308 g/mol. The third kappa shape index (κ3) is 5.44. The summed E-state index contributed by atoms with van der Waals surface area (Å²) in [5, 5.41) is 5.74. The molecule has 1 unspecified atom stereocenters. The molecule has 0 spiro atoms. The first-order chi connectivity index (χ1) is 11.2. The Morgan fingerprint density at radius 1 is 1.30 bits per heavy atom. The van der Waals surface area contributed by atoms with E-state index in [0.717, 1.165) is 23.4 Å². The van der Waals surface area contributed by atoms with E-state index >= 15 is 0 Å². The van der Waals surface area contributed by atoms with Crippen molar-refractivity contribution < 1.29 is 9.53 Å². The maximum absolute atomic E-state index is 12.5. The summed E-state index contributed by atoms with van der Waals surface area (Å²) in [6.07, 6.45) is 4.39. The Morgan fingerprint density at radius 2 is 2.09 bits per heavy atom. The molecule has 0 aliphatic carbocycles. The maximum atomic E-state index is 12.5. The van der Waals surface area contributed by atoms with Crippen molar-refractivity contribution >= 4 is 17.2 Å². The molecule has 2 rings (SSSR count). The van der Waals surface area contributed by atoms with E-state index < -0.39 is 0 Å². The van der Waals surface area contributed by atoms with Crippen LogP contribution in [0.1, 0.15) is 59.7 Å². The summed E-state index contributed by atoms with van der Waals surface area (Å²) in [7, 11) is 1.63. The summed E-state index contributed by atoms with van der Waals surface area (Å²) in [5.74, 6) is -0.117. The highest BCUT2D eigenvalue weighted by Crippen LogP contribution is 2.21. The number of aromatic nitrogens is 1. The van der Waals surface area contributed by atoms with Crippen LogP contribution in [0.2, 0.25) is 0 Å². The fraction of sp³-hybridized carbons (Fsp3) is 0.444. The number of hydrogen-bond donors (Lipinski definition) is 1. The van der Waals surface area contributed by atoms with Crippen molar-refractivity contribution in [3.63, 3.8) is 0 Å². The smallest absolute Gasteiger partial charge is 0.271 e. The van der Waals surface area contributed by atoms with Gasteiger partial charge in [-0.25, -0.2) is 4.98 Å². The zero-order chi connectivity index (χ0) is 16.5. The molecule has 0 fully saturated rings. The number of benzene rings is 1. The molecule has 1 amide bonds. The number of nitrogens with zero attached hydrogens (tertiary/aromatic N) is 1. The van der Waals surface area contributed by atoms with Crippen molar-refractivity contribution in [1.82, 2.24) is 10.3 Å². The second-order valence-corrected chi connectivity index (χ2v) is 6.43. The Kier molecular flexibility index (Phi) is 7.23. The minimum atomic E-state index is -0.117. The zero-order valence-corrected chi connectivity index (χ0v) is 14.6. The van der Waals surface area contributed by atoms with Crippen molar-refractivity contribution in [2.24, 2.45) is 0 Å². The molecule has 0 saturated carbocycles. The van der Waals surface area contributed by atoms with Gasteiger partial charge in [-0.2, -0.15) is 0 Å². The lowest BCUT2D eigenvalue weighted by Gasteiger charge is -2.18. The van der Waals surface area contributed by atoms with E-state index in [4.69, 9.17) is 4.74 Å². The van der Waals surface area contributed by atoms with Crippen LogP contribution in [-0.2, 0) is 11.3 Å². The van der Waals surface area contributed by atoms with Crippen LogP contribution in [0, 0.1) is 0 Å². The largest absolute Gasteiger partial charge is 0.378 e. The van der Waals surface area contributed by atoms with E-state index in [1.165, 1.54) is 24.2 Å². The quantitative estimate of drug-likeness (QED) is 0.695. The van der Waals surface area contributed by atoms with E-state index in [-0.39, 0.29) is 11.9 Å². The maximum Gasteiger partial charge on any atom is 0.271 e. The molecule has 1 aromatic heterocycles. The lowest BCUT2D eigenvalue weighted by molar-refractivity contribution is 0.0929. The highest BCUT2D eigenvalue weighted by atomic mass is 32.1. The first-order valence-corrected chi connectivity index (χ1v) is 8.91. The first-order valence-electron chi connectivity index (χ1n) is 8.03. The summed E-state index contributed by atoms with van der Waals surface area (Å²) in [6, 6.07) is 10.2. The highest BCUT2D eigenvalue weighted by Gasteiger charge is 2.17. The van der Waals surface area contributed by atoms with Gasteiger partial charge in [0.2, 0.25) is 0 Å². The number of amides is 1. The van der Waals surface area contributed by atoms with Gasteiger partial charge in [0, 0.05) is 12.5 Å². The molecular formula is C18H24N2O2S. The number of rotatable bonds is 9. The van der Waals surface area contributed by atoms with Gasteiger partial charge in [0.25, 0.3) is 5.91 Å². The van der Waals surface area contributed by atoms with Gasteiger partial charge in [-0.15, -0.1) is 11.3 Å². The molecule has 2 aromatic rings. The Labute approximate surface area is 141 Å². The molecule has 1 heterocycles. The molecule has 0 aliphatic rings. The summed E-state index contributed by atoms with van der Waals surface area (Å²) in [6.45, 7) is 2.62. The second-order valence-electron chi connectivity index (χ2n) is 5.49. The fourth-order valence-corrected chi connectivity index (χ4v) is 3.19. The van der Waals surface area contributed by atoms with Crippen molar-refractivity contribution in [1.29, 1.82) is 0 Å². The normalized spacial score (nSPS) is 12.1. The van der Waals surface area contributed by atoms with Gasteiger partial charge in [-0.3, -0.25) is 4.79 Å². The molecule has 23 heavy (non-hydrogen) atoms. The lowest BCUT2D eigenvalue weighted by Crippen LogP contribution is -2.28. The fourth-order valence-electron chi connectivity index (χ4n) is 2.44. The molecule has 0 saturated heterocycles. The molecule has 4 nitrogen and oxygen atoms in total. The van der Waals surface area contributed by atoms with Gasteiger partial charge in [-0.05, 0) is 12.0 Å². The van der Waals surface area contributed by atoms with Gasteiger partial charge < -0.3 is 10.1 Å². The van der Waals surface area contributed by atoms with E-state index in [2.05, 4.69) is 29.4 Å². The number of carbonyl (C=O) groups is 1. The summed E-state index contributed by atoms with van der Waals surface area (Å²) in [5.41, 5.74) is 1.61. The number of unbranched alkanes of at least 4 members (excludes halogenated alkanes) is 2. The number of nitrogens with one attached hydrogen (secondary N) is 1. The minimum absolute atomic E-state index is 0.0304. The molecule has 0 bridgehead atoms. The SMILES string of the molecule is CCCCCC(NC(=O)c1csc(COC)n1)c1ccccc1. The van der Waals surface area contributed by atoms with Crippen molar-refractivity contribution in [2.75, 3.05) is 7.11 Å². The predicted octanol–water partition coefficient (Wildman–Crippen LogP) is 4.34. The van der Waals surface area contributed by atoms with E-state index in [9.17, 15) is 4.79 Å². The number of ether oxygens (including phenoxy) is 1. The topological polar surface area (TPSA) is 51.2 Å². The molecule has 5 heteroatoms. The van der Waals surface area contributed by atoms with Crippen LogP contribution in [0.4, 0.5) is 0 Å². The molecule has 0 aliphatic heterocycles. The number of carbonyl (C=O) groups excluding carboxylic acids is 1. The predicted molar refractivity (Wildman–Crippen MR) is 93.6 cm³/mol. The van der Waals surface area contributed by atoms with Crippen LogP contribution < -0.4 is 5.32 Å². The van der Waals surface area contributed by atoms with Crippen LogP contribution in [0.5, 0.6) is 0 Å². The average molecular weight is 332 g/mol. The van der Waals surface area contributed by atoms with E-state index in [0.29, 0.717) is 12.3 Å². The number of thiazole rings is 1. The number of methoxy groups -OCH3 is 1. The van der Waals surface area contributed by atoms with Crippen molar-refractivity contribution in [2.45, 2.75) is 45.3 Å². The van der Waals surface area contributed by atoms with E-state index in [1.54, 1.807) is 12.5 Å². The van der Waals surface area contributed by atoms with E-state index in [1.807, 2.05) is 18.2 Å². The third-order valence-electron chi connectivity index (χ3n) is 3.66. The second kappa shape index (κ2) is 9.43. The Morgan fingerprint density at radius 3 is 2.78 bits per heavy atom. The van der Waals surface area contributed by atoms with Crippen LogP contribution in [0.15, 0.2) is 35.7 Å². The van der Waals surface area contributed by atoms with Crippen LogP contribution in [-0.4, -0.2) is 18.0 Å². The Hall–Kier alpha value is -1.72. The van der Waals surface area contributed by atoms with Crippen molar-refractivity contribution in [3.8, 4) is 0 Å². The van der Waals surface area contributed by atoms with Crippen LogP contribution in [0.25, 0.3) is 0 Å². The minimum Gasteiger partial charge on any atom is -0.378 e. The van der Waals surface area contributed by atoms with Gasteiger partial charge in [0.1, 0.15) is 10.7 Å². The molecule has 1 atom stereocenters. The molecule has 1 N–H and O–H groups in total. The molecule has 124 valence electrons. The van der Waals surface area contributed by atoms with Crippen molar-refractivity contribution in [3.05, 3.63) is 52.0 Å². The Balaban J connectivity index is 2.04. The van der Waals surface area contributed by atoms with Crippen LogP contribution >= 0.6 is 11.3 Å². The monoisotopic (exact) mass is 332 g/mol. The summed E-state index contributed by atoms with van der Waals surface area (Å²) in [4.78, 5) is 16.8. The van der Waals surface area contributed by atoms with Gasteiger partial charge in [0.15, 0.2) is 0 Å². The van der Waals surface area contributed by atoms with Crippen LogP contribution in [0.3, 0.4) is 0 Å². The summed E-state index contributed by atoms with van der Waals surface area (Å²) >= 11 is 1.45. The van der Waals surface area contributed by atoms with Gasteiger partial charge in [-0.1, -0.05) is 56.5 Å². The lowest BCUT2D eigenvalue weighted by atomic mass is 10.0. The molecule has 0 radical (unpaired) electrons. The number of hydrogen-bond acceptors (Lipinski definition) is 4. The first kappa shape index (κ1) is 17.6. The van der Waals surface area contributed by atoms with Gasteiger partial charge in [0.05, 0.1) is 12.6 Å².